The molecule has 6 nitrogen and oxygen atoms in total. The molecule has 0 amide bonds. The van der Waals surface area contributed by atoms with Crippen LogP contribution in [0.25, 0.3) is 0 Å². The summed E-state index contributed by atoms with van der Waals surface area (Å²) >= 11 is 6.23. The van der Waals surface area contributed by atoms with Crippen molar-refractivity contribution in [1.29, 1.82) is 0 Å². The molecular weight excluding hydrogens is 256 g/mol. The minimum Gasteiger partial charge on any atom is -0.376 e. The highest BCUT2D eigenvalue weighted by molar-refractivity contribution is 6.31. The van der Waals surface area contributed by atoms with Crippen LogP contribution in [0.2, 0.25) is 5.02 Å². The predicted octanol–water partition coefficient (Wildman–Crippen LogP) is 0.172. The molecule has 1 aliphatic rings. The lowest BCUT2D eigenvalue weighted by molar-refractivity contribution is -0.101. The number of ether oxygens (including phenoxy) is 2. The molecule has 0 radical (unpaired) electrons. The number of halogens is 1. The van der Waals surface area contributed by atoms with E-state index in [9.17, 15) is 0 Å². The van der Waals surface area contributed by atoms with Crippen molar-refractivity contribution in [3.8, 4) is 0 Å². The van der Waals surface area contributed by atoms with Gasteiger partial charge in [-0.1, -0.05) is 11.6 Å². The Labute approximate surface area is 111 Å². The number of hydrazine groups is 1. The number of hydrogen-bond acceptors (Lipinski definition) is 5. The van der Waals surface area contributed by atoms with Crippen molar-refractivity contribution >= 4 is 11.6 Å². The topological polar surface area (TPSA) is 74.3 Å². The zero-order valence-electron chi connectivity index (χ0n) is 10.6. The van der Waals surface area contributed by atoms with Crippen LogP contribution < -0.4 is 11.3 Å². The third-order valence-corrected chi connectivity index (χ3v) is 3.67. The molecule has 0 bridgehead atoms. The minimum atomic E-state index is -0.0602. The lowest BCUT2D eigenvalue weighted by Gasteiger charge is -2.30. The third-order valence-electron chi connectivity index (χ3n) is 3.18. The van der Waals surface area contributed by atoms with E-state index in [1.165, 1.54) is 0 Å². The SMILES string of the molecule is Cc1nn(C)c(CC(NN)C2COCCO2)c1Cl. The Hall–Kier alpha value is -0.660. The van der Waals surface area contributed by atoms with Crippen molar-refractivity contribution in [2.45, 2.75) is 25.5 Å². The van der Waals surface area contributed by atoms with Crippen LogP contribution >= 0.6 is 11.6 Å². The van der Waals surface area contributed by atoms with Crippen LogP contribution in [-0.2, 0) is 22.9 Å². The van der Waals surface area contributed by atoms with Gasteiger partial charge in [0.05, 0.1) is 48.4 Å². The first-order valence-electron chi connectivity index (χ1n) is 5.97. The molecule has 18 heavy (non-hydrogen) atoms. The van der Waals surface area contributed by atoms with Crippen molar-refractivity contribution < 1.29 is 9.47 Å². The smallest absolute Gasteiger partial charge is 0.0979 e. The zero-order chi connectivity index (χ0) is 13.1. The second-order valence-electron chi connectivity index (χ2n) is 4.43. The van der Waals surface area contributed by atoms with Crippen molar-refractivity contribution in [2.75, 3.05) is 19.8 Å². The molecule has 2 unspecified atom stereocenters. The van der Waals surface area contributed by atoms with Crippen LogP contribution in [0.3, 0.4) is 0 Å². The third kappa shape index (κ3) is 2.84. The minimum absolute atomic E-state index is 0.0439. The summed E-state index contributed by atoms with van der Waals surface area (Å²) in [6.07, 6.45) is 0.593. The average molecular weight is 275 g/mol. The summed E-state index contributed by atoms with van der Waals surface area (Å²) in [7, 11) is 1.88. The van der Waals surface area contributed by atoms with E-state index >= 15 is 0 Å². The lowest BCUT2D eigenvalue weighted by atomic mass is 10.1. The normalized spacial score (nSPS) is 22.1. The Kier molecular flexibility index (Phi) is 4.58. The maximum Gasteiger partial charge on any atom is 0.0979 e. The standard InChI is InChI=1S/C11H19ClN4O2/c1-7-11(12)9(16(2)15-7)5-8(14-13)10-6-17-3-4-18-10/h8,10,14H,3-6,13H2,1-2H3. The van der Waals surface area contributed by atoms with Crippen LogP contribution in [0, 0.1) is 6.92 Å². The van der Waals surface area contributed by atoms with Crippen molar-refractivity contribution in [3.63, 3.8) is 0 Å². The number of rotatable bonds is 4. The van der Waals surface area contributed by atoms with E-state index in [-0.39, 0.29) is 12.1 Å². The van der Waals surface area contributed by atoms with E-state index in [2.05, 4.69) is 10.5 Å². The highest BCUT2D eigenvalue weighted by Gasteiger charge is 2.26. The summed E-state index contributed by atoms with van der Waals surface area (Å²) < 4.78 is 12.8. The molecular formula is C11H19ClN4O2. The van der Waals surface area contributed by atoms with Gasteiger partial charge in [-0.15, -0.1) is 0 Å². The molecule has 0 aliphatic carbocycles. The first-order valence-corrected chi connectivity index (χ1v) is 6.34. The van der Waals surface area contributed by atoms with E-state index in [0.717, 1.165) is 11.4 Å². The van der Waals surface area contributed by atoms with Crippen LogP contribution in [0.15, 0.2) is 0 Å². The fourth-order valence-electron chi connectivity index (χ4n) is 2.15. The van der Waals surface area contributed by atoms with Gasteiger partial charge in [0.15, 0.2) is 0 Å². The maximum atomic E-state index is 6.23. The van der Waals surface area contributed by atoms with Gasteiger partial charge in [-0.2, -0.15) is 5.10 Å². The van der Waals surface area contributed by atoms with Gasteiger partial charge < -0.3 is 9.47 Å². The van der Waals surface area contributed by atoms with Crippen LogP contribution in [0.1, 0.15) is 11.4 Å². The summed E-state index contributed by atoms with van der Waals surface area (Å²) in [5.74, 6) is 5.60. The van der Waals surface area contributed by atoms with Gasteiger partial charge in [0.2, 0.25) is 0 Å². The van der Waals surface area contributed by atoms with E-state index in [1.807, 2.05) is 14.0 Å². The first-order chi connectivity index (χ1) is 8.63. The second-order valence-corrected chi connectivity index (χ2v) is 4.81. The van der Waals surface area contributed by atoms with Gasteiger partial charge in [0.25, 0.3) is 0 Å². The average Bonchev–Trinajstić information content (AvgIpc) is 2.62. The summed E-state index contributed by atoms with van der Waals surface area (Å²) in [6, 6.07) is -0.0439. The number of nitrogens with one attached hydrogen (secondary N) is 1. The predicted molar refractivity (Wildman–Crippen MR) is 68.3 cm³/mol. The molecule has 102 valence electrons. The molecule has 0 spiro atoms. The highest BCUT2D eigenvalue weighted by Crippen LogP contribution is 2.22. The number of aromatic nitrogens is 2. The number of hydrogen-bond donors (Lipinski definition) is 2. The molecule has 3 N–H and O–H groups in total. The van der Waals surface area contributed by atoms with E-state index in [4.69, 9.17) is 26.9 Å². The lowest BCUT2D eigenvalue weighted by Crippen LogP contribution is -2.50. The molecule has 0 aromatic carbocycles. The molecule has 1 aliphatic heterocycles. The van der Waals surface area contributed by atoms with Crippen LogP contribution in [0.4, 0.5) is 0 Å². The van der Waals surface area contributed by atoms with Gasteiger partial charge >= 0.3 is 0 Å². The largest absolute Gasteiger partial charge is 0.376 e. The van der Waals surface area contributed by atoms with Gasteiger partial charge in [-0.05, 0) is 6.92 Å². The van der Waals surface area contributed by atoms with Crippen LogP contribution in [-0.4, -0.2) is 41.7 Å². The molecule has 1 saturated heterocycles. The maximum absolute atomic E-state index is 6.23. The Bertz CT molecular complexity index is 404. The molecule has 7 heteroatoms. The highest BCUT2D eigenvalue weighted by atomic mass is 35.5. The van der Waals surface area contributed by atoms with Gasteiger partial charge in [0.1, 0.15) is 0 Å². The summed E-state index contributed by atoms with van der Waals surface area (Å²) in [4.78, 5) is 0. The summed E-state index contributed by atoms with van der Waals surface area (Å²) in [6.45, 7) is 3.67. The molecule has 2 heterocycles. The van der Waals surface area contributed by atoms with Crippen LogP contribution in [0.5, 0.6) is 0 Å². The van der Waals surface area contributed by atoms with E-state index in [0.29, 0.717) is 31.3 Å². The molecule has 1 fully saturated rings. The van der Waals surface area contributed by atoms with E-state index < -0.39 is 0 Å². The quantitative estimate of drug-likeness (QED) is 0.605. The zero-order valence-corrected chi connectivity index (χ0v) is 11.4. The first kappa shape index (κ1) is 13.8. The fourth-order valence-corrected chi connectivity index (χ4v) is 2.38. The fraction of sp³-hybridized carbons (Fsp3) is 0.727. The molecule has 0 saturated carbocycles. The Morgan fingerprint density at radius 2 is 2.39 bits per heavy atom. The summed E-state index contributed by atoms with van der Waals surface area (Å²) in [5.41, 5.74) is 4.55. The molecule has 2 atom stereocenters. The Balaban J connectivity index is 2.09. The van der Waals surface area contributed by atoms with Crippen molar-refractivity contribution in [3.05, 3.63) is 16.4 Å². The van der Waals surface area contributed by atoms with Crippen molar-refractivity contribution in [1.82, 2.24) is 15.2 Å². The molecule has 1 aromatic heterocycles. The Morgan fingerprint density at radius 1 is 1.61 bits per heavy atom. The number of nitrogens with two attached hydrogens (primary N) is 1. The summed E-state index contributed by atoms with van der Waals surface area (Å²) in [5, 5.41) is 4.98. The monoisotopic (exact) mass is 274 g/mol. The van der Waals surface area contributed by atoms with Gasteiger partial charge in [-0.25, -0.2) is 0 Å². The van der Waals surface area contributed by atoms with Gasteiger partial charge in [0, 0.05) is 13.5 Å². The van der Waals surface area contributed by atoms with Crippen molar-refractivity contribution in [2.24, 2.45) is 12.9 Å². The number of aryl methyl sites for hydroxylation is 2. The Morgan fingerprint density at radius 3 is 2.89 bits per heavy atom. The second kappa shape index (κ2) is 5.99. The molecule has 1 aromatic rings. The number of nitrogens with zero attached hydrogens (tertiary/aromatic N) is 2. The van der Waals surface area contributed by atoms with E-state index in [1.54, 1.807) is 4.68 Å². The molecule has 2 rings (SSSR count). The van der Waals surface area contributed by atoms with Gasteiger partial charge in [-0.3, -0.25) is 16.0 Å².